The van der Waals surface area contributed by atoms with Crippen LogP contribution in [0, 0.1) is 5.92 Å². The van der Waals surface area contributed by atoms with E-state index < -0.39 is 0 Å². The number of rotatable bonds is 5. The number of carbonyl (C=O) groups is 1. The third-order valence-corrected chi connectivity index (χ3v) is 5.60. The molecule has 140 valence electrons. The minimum Gasteiger partial charge on any atom is -0.356 e. The highest BCUT2D eigenvalue weighted by atomic mass is 32.2. The molecule has 4 rings (SSSR count). The number of nitrogens with one attached hydrogen (secondary N) is 1. The van der Waals surface area contributed by atoms with Crippen LogP contribution in [0.1, 0.15) is 26.3 Å². The topological polar surface area (TPSA) is 81.8 Å². The van der Waals surface area contributed by atoms with Crippen molar-refractivity contribution < 1.29 is 4.79 Å². The number of aromatic nitrogens is 4. The maximum atomic E-state index is 13.0. The second-order valence-corrected chi connectivity index (χ2v) is 8.05. The molecule has 1 atom stereocenters. The molecule has 1 N–H and O–H groups in total. The first-order valence-corrected chi connectivity index (χ1v) is 9.98. The van der Waals surface area contributed by atoms with E-state index in [0.717, 1.165) is 5.69 Å². The number of para-hydroxylation sites is 1. The van der Waals surface area contributed by atoms with Gasteiger partial charge in [0.15, 0.2) is 10.8 Å². The van der Waals surface area contributed by atoms with Gasteiger partial charge in [0.05, 0.1) is 17.9 Å². The van der Waals surface area contributed by atoms with Gasteiger partial charge in [0.1, 0.15) is 5.39 Å². The Bertz CT molecular complexity index is 1040. The summed E-state index contributed by atoms with van der Waals surface area (Å²) in [6, 6.07) is 9.44. The molecular formula is C19H21N5O2S. The van der Waals surface area contributed by atoms with Gasteiger partial charge in [0, 0.05) is 18.7 Å². The van der Waals surface area contributed by atoms with Crippen LogP contribution >= 0.6 is 11.8 Å². The summed E-state index contributed by atoms with van der Waals surface area (Å²) in [4.78, 5) is 29.9. The third kappa shape index (κ3) is 3.37. The van der Waals surface area contributed by atoms with Crippen molar-refractivity contribution in [3.8, 4) is 5.69 Å². The lowest BCUT2D eigenvalue weighted by Gasteiger charge is -2.14. The lowest BCUT2D eigenvalue weighted by atomic mass is 10.2. The van der Waals surface area contributed by atoms with Gasteiger partial charge in [-0.25, -0.2) is 9.67 Å². The second-order valence-electron chi connectivity index (χ2n) is 7.07. The van der Waals surface area contributed by atoms with Crippen molar-refractivity contribution in [3.05, 3.63) is 46.9 Å². The molecule has 0 aliphatic carbocycles. The molecule has 0 spiro atoms. The predicted octanol–water partition coefficient (Wildman–Crippen LogP) is 2.39. The maximum Gasteiger partial charge on any atom is 0.265 e. The van der Waals surface area contributed by atoms with E-state index >= 15 is 0 Å². The van der Waals surface area contributed by atoms with E-state index in [2.05, 4.69) is 29.2 Å². The second kappa shape index (κ2) is 7.19. The number of hydrogen-bond donors (Lipinski definition) is 1. The molecule has 0 bridgehead atoms. The van der Waals surface area contributed by atoms with Crippen LogP contribution in [-0.4, -0.2) is 37.5 Å². The molecule has 7 nitrogen and oxygen atoms in total. The molecule has 1 aliphatic rings. The average molecular weight is 383 g/mol. The highest BCUT2D eigenvalue weighted by Crippen LogP contribution is 2.33. The summed E-state index contributed by atoms with van der Waals surface area (Å²) >= 11 is 1.51. The summed E-state index contributed by atoms with van der Waals surface area (Å²) in [7, 11) is 0. The Morgan fingerprint density at radius 2 is 2.11 bits per heavy atom. The van der Waals surface area contributed by atoms with E-state index in [0.29, 0.717) is 34.4 Å². The molecule has 1 amide bonds. The van der Waals surface area contributed by atoms with Crippen LogP contribution in [0.15, 0.2) is 46.5 Å². The average Bonchev–Trinajstić information content (AvgIpc) is 3.26. The van der Waals surface area contributed by atoms with Crippen molar-refractivity contribution in [3.63, 3.8) is 0 Å². The first kappa shape index (κ1) is 17.8. The summed E-state index contributed by atoms with van der Waals surface area (Å²) in [5.41, 5.74) is 1.27. The van der Waals surface area contributed by atoms with Gasteiger partial charge in [0.25, 0.3) is 5.56 Å². The normalized spacial score (nSPS) is 16.0. The zero-order valence-electron chi connectivity index (χ0n) is 15.3. The van der Waals surface area contributed by atoms with Crippen molar-refractivity contribution >= 4 is 28.7 Å². The smallest absolute Gasteiger partial charge is 0.265 e. The van der Waals surface area contributed by atoms with Crippen LogP contribution in [0.5, 0.6) is 0 Å². The maximum absolute atomic E-state index is 13.0. The van der Waals surface area contributed by atoms with Crippen molar-refractivity contribution in [2.24, 2.45) is 5.92 Å². The van der Waals surface area contributed by atoms with E-state index in [1.165, 1.54) is 11.8 Å². The van der Waals surface area contributed by atoms with Gasteiger partial charge in [-0.2, -0.15) is 5.10 Å². The zero-order chi connectivity index (χ0) is 19.0. The summed E-state index contributed by atoms with van der Waals surface area (Å²) < 4.78 is 3.33. The van der Waals surface area contributed by atoms with E-state index in [-0.39, 0.29) is 23.9 Å². The SMILES string of the molecule is CC(C)CNC(=O)C[C@H]1CSc2nc3c(cnn3-c3ccccc3)c(=O)n21. The molecule has 1 aromatic carbocycles. The standard InChI is InChI=1S/C19H21N5O2S/c1-12(2)9-20-16(25)8-14-11-27-19-22-17-15(18(26)23(14)19)10-21-24(17)13-6-4-3-5-7-13/h3-7,10,12,14H,8-9,11H2,1-2H3,(H,20,25)/t14-/m0/s1. The first-order valence-electron chi connectivity index (χ1n) is 8.99. The lowest BCUT2D eigenvalue weighted by Crippen LogP contribution is -2.32. The minimum absolute atomic E-state index is 0.0332. The van der Waals surface area contributed by atoms with Gasteiger partial charge < -0.3 is 5.32 Å². The number of carbonyl (C=O) groups excluding carboxylic acids is 1. The largest absolute Gasteiger partial charge is 0.356 e. The Kier molecular flexibility index (Phi) is 4.73. The molecule has 0 radical (unpaired) electrons. The molecule has 1 aliphatic heterocycles. The highest BCUT2D eigenvalue weighted by molar-refractivity contribution is 7.99. The minimum atomic E-state index is -0.179. The Labute approximate surface area is 160 Å². The number of benzene rings is 1. The molecule has 0 saturated carbocycles. The van der Waals surface area contributed by atoms with E-state index in [1.807, 2.05) is 30.3 Å². The zero-order valence-corrected chi connectivity index (χ0v) is 16.1. The molecule has 0 unspecified atom stereocenters. The highest BCUT2D eigenvalue weighted by Gasteiger charge is 2.29. The Morgan fingerprint density at radius 3 is 2.85 bits per heavy atom. The van der Waals surface area contributed by atoms with Gasteiger partial charge in [-0.15, -0.1) is 0 Å². The van der Waals surface area contributed by atoms with Gasteiger partial charge >= 0.3 is 0 Å². The first-order chi connectivity index (χ1) is 13.0. The summed E-state index contributed by atoms with van der Waals surface area (Å²) in [5, 5.41) is 8.39. The Balaban J connectivity index is 1.67. The molecule has 0 fully saturated rings. The Morgan fingerprint density at radius 1 is 1.33 bits per heavy atom. The quantitative estimate of drug-likeness (QED) is 0.684. The van der Waals surface area contributed by atoms with Gasteiger partial charge in [0.2, 0.25) is 5.91 Å². The number of hydrogen-bond acceptors (Lipinski definition) is 5. The van der Waals surface area contributed by atoms with Crippen LogP contribution in [0.25, 0.3) is 16.7 Å². The molecule has 8 heteroatoms. The van der Waals surface area contributed by atoms with Gasteiger partial charge in [-0.05, 0) is 18.1 Å². The van der Waals surface area contributed by atoms with Gasteiger partial charge in [-0.1, -0.05) is 43.8 Å². The van der Waals surface area contributed by atoms with Gasteiger partial charge in [-0.3, -0.25) is 14.2 Å². The molecule has 3 aromatic rings. The van der Waals surface area contributed by atoms with Crippen LogP contribution < -0.4 is 10.9 Å². The fourth-order valence-electron chi connectivity index (χ4n) is 3.14. The number of fused-ring (bicyclic) bond motifs is 2. The van der Waals surface area contributed by atoms with Crippen molar-refractivity contribution in [1.29, 1.82) is 0 Å². The summed E-state index contributed by atoms with van der Waals surface area (Å²) in [6.45, 7) is 4.74. The summed E-state index contributed by atoms with van der Waals surface area (Å²) in [6.07, 6.45) is 1.84. The van der Waals surface area contributed by atoms with Crippen LogP contribution in [0.3, 0.4) is 0 Å². The number of amides is 1. The van der Waals surface area contributed by atoms with Crippen molar-refractivity contribution in [2.75, 3.05) is 12.3 Å². The monoisotopic (exact) mass is 383 g/mol. The lowest BCUT2D eigenvalue weighted by molar-refractivity contribution is -0.121. The van der Waals surface area contributed by atoms with Crippen molar-refractivity contribution in [1.82, 2.24) is 24.6 Å². The van der Waals surface area contributed by atoms with E-state index in [4.69, 9.17) is 0 Å². The third-order valence-electron chi connectivity index (χ3n) is 4.50. The number of thioether (sulfide) groups is 1. The number of nitrogens with zero attached hydrogens (tertiary/aromatic N) is 4. The van der Waals surface area contributed by atoms with Crippen LogP contribution in [0.4, 0.5) is 0 Å². The molecule has 3 heterocycles. The molecule has 0 saturated heterocycles. The molecular weight excluding hydrogens is 362 g/mol. The van der Waals surface area contributed by atoms with E-state index in [9.17, 15) is 9.59 Å². The molecule has 27 heavy (non-hydrogen) atoms. The molecule has 2 aromatic heterocycles. The predicted molar refractivity (Wildman–Crippen MR) is 105 cm³/mol. The Hall–Kier alpha value is -2.61. The van der Waals surface area contributed by atoms with E-state index in [1.54, 1.807) is 15.4 Å². The summed E-state index contributed by atoms with van der Waals surface area (Å²) in [5.74, 6) is 1.03. The van der Waals surface area contributed by atoms with Crippen molar-refractivity contribution in [2.45, 2.75) is 31.5 Å². The van der Waals surface area contributed by atoms with Crippen LogP contribution in [0.2, 0.25) is 0 Å². The fraction of sp³-hybridized carbons (Fsp3) is 0.368. The fourth-order valence-corrected chi connectivity index (χ4v) is 4.27. The van der Waals surface area contributed by atoms with Crippen LogP contribution in [-0.2, 0) is 4.79 Å².